The van der Waals surface area contributed by atoms with Crippen LogP contribution in [-0.4, -0.2) is 21.1 Å². The SMILES string of the molecule is O=C(Nc1nnc(-c2ccccn2)s1)[C@H]1CC=CCC1. The number of nitrogens with one attached hydrogen (secondary N) is 1. The molecular weight excluding hydrogens is 272 g/mol. The van der Waals surface area contributed by atoms with E-state index in [1.54, 1.807) is 6.20 Å². The zero-order valence-electron chi connectivity index (χ0n) is 10.8. The Morgan fingerprint density at radius 2 is 2.25 bits per heavy atom. The average Bonchev–Trinajstić information content (AvgIpc) is 2.97. The Balaban J connectivity index is 1.68. The molecule has 0 aliphatic heterocycles. The van der Waals surface area contributed by atoms with E-state index in [-0.39, 0.29) is 11.8 Å². The lowest BCUT2D eigenvalue weighted by molar-refractivity contribution is -0.120. The van der Waals surface area contributed by atoms with Crippen molar-refractivity contribution < 1.29 is 4.79 Å². The Bertz CT molecular complexity index is 623. The summed E-state index contributed by atoms with van der Waals surface area (Å²) >= 11 is 1.34. The molecule has 2 aromatic heterocycles. The van der Waals surface area contributed by atoms with Gasteiger partial charge in [0.05, 0.1) is 0 Å². The molecule has 0 unspecified atom stereocenters. The Kier molecular flexibility index (Phi) is 3.83. The molecule has 1 atom stereocenters. The van der Waals surface area contributed by atoms with E-state index in [0.717, 1.165) is 25.0 Å². The zero-order valence-corrected chi connectivity index (χ0v) is 11.6. The van der Waals surface area contributed by atoms with Gasteiger partial charge in [-0.25, -0.2) is 0 Å². The highest BCUT2D eigenvalue weighted by molar-refractivity contribution is 7.18. The van der Waals surface area contributed by atoms with Gasteiger partial charge in [0.1, 0.15) is 5.69 Å². The third kappa shape index (κ3) is 2.91. The van der Waals surface area contributed by atoms with Gasteiger partial charge in [0, 0.05) is 12.1 Å². The molecule has 1 N–H and O–H groups in total. The standard InChI is InChI=1S/C14H14N4OS/c19-12(10-6-2-1-3-7-10)16-14-18-17-13(20-14)11-8-4-5-9-15-11/h1-2,4-5,8-10H,3,6-7H2,(H,16,18,19)/t10-/m0/s1. The molecular formula is C14H14N4OS. The molecule has 1 aliphatic rings. The van der Waals surface area contributed by atoms with Crippen LogP contribution < -0.4 is 5.32 Å². The van der Waals surface area contributed by atoms with Crippen molar-refractivity contribution >= 4 is 22.4 Å². The summed E-state index contributed by atoms with van der Waals surface area (Å²) < 4.78 is 0. The number of hydrogen-bond donors (Lipinski definition) is 1. The van der Waals surface area contributed by atoms with Gasteiger partial charge < -0.3 is 5.32 Å². The monoisotopic (exact) mass is 286 g/mol. The van der Waals surface area contributed by atoms with Gasteiger partial charge >= 0.3 is 0 Å². The summed E-state index contributed by atoms with van der Waals surface area (Å²) in [6.45, 7) is 0. The number of carbonyl (C=O) groups excluding carboxylic acids is 1. The summed E-state index contributed by atoms with van der Waals surface area (Å²) in [6, 6.07) is 5.62. The number of amides is 1. The summed E-state index contributed by atoms with van der Waals surface area (Å²) in [4.78, 5) is 16.3. The summed E-state index contributed by atoms with van der Waals surface area (Å²) in [5.74, 6) is 0.0697. The number of hydrogen-bond acceptors (Lipinski definition) is 5. The quantitative estimate of drug-likeness (QED) is 0.881. The largest absolute Gasteiger partial charge is 0.300 e. The van der Waals surface area contributed by atoms with Gasteiger partial charge in [-0.05, 0) is 31.4 Å². The second-order valence-electron chi connectivity index (χ2n) is 4.60. The Morgan fingerprint density at radius 3 is 3.00 bits per heavy atom. The Morgan fingerprint density at radius 1 is 1.30 bits per heavy atom. The molecule has 6 heteroatoms. The predicted octanol–water partition coefficient (Wildman–Crippen LogP) is 2.89. The van der Waals surface area contributed by atoms with Gasteiger partial charge in [0.2, 0.25) is 11.0 Å². The fourth-order valence-electron chi connectivity index (χ4n) is 2.11. The minimum absolute atomic E-state index is 0.0260. The first-order chi connectivity index (χ1) is 9.83. The van der Waals surface area contributed by atoms with Crippen LogP contribution in [0.3, 0.4) is 0 Å². The van der Waals surface area contributed by atoms with Crippen LogP contribution in [0, 0.1) is 5.92 Å². The van der Waals surface area contributed by atoms with Crippen LogP contribution in [0.2, 0.25) is 0 Å². The van der Waals surface area contributed by atoms with Crippen molar-refractivity contribution in [1.29, 1.82) is 0 Å². The minimum atomic E-state index is 0.0260. The molecule has 5 nitrogen and oxygen atoms in total. The van der Waals surface area contributed by atoms with Crippen LogP contribution in [0.1, 0.15) is 19.3 Å². The second-order valence-corrected chi connectivity index (χ2v) is 5.58. The van der Waals surface area contributed by atoms with Crippen LogP contribution in [-0.2, 0) is 4.79 Å². The summed E-state index contributed by atoms with van der Waals surface area (Å²) in [5, 5.41) is 12.2. The zero-order chi connectivity index (χ0) is 13.8. The Hall–Kier alpha value is -2.08. The predicted molar refractivity (Wildman–Crippen MR) is 78.3 cm³/mol. The molecule has 0 saturated carbocycles. The van der Waals surface area contributed by atoms with Crippen molar-refractivity contribution in [3.8, 4) is 10.7 Å². The molecule has 0 saturated heterocycles. The maximum Gasteiger partial charge on any atom is 0.229 e. The third-order valence-electron chi connectivity index (χ3n) is 3.18. The number of carbonyl (C=O) groups is 1. The van der Waals surface area contributed by atoms with Crippen molar-refractivity contribution in [2.75, 3.05) is 5.32 Å². The second kappa shape index (κ2) is 5.92. The topological polar surface area (TPSA) is 67.8 Å². The maximum atomic E-state index is 12.1. The van der Waals surface area contributed by atoms with Crippen molar-refractivity contribution in [1.82, 2.24) is 15.2 Å². The number of rotatable bonds is 3. The van der Waals surface area contributed by atoms with Crippen LogP contribution in [0.15, 0.2) is 36.5 Å². The van der Waals surface area contributed by atoms with Crippen molar-refractivity contribution in [2.24, 2.45) is 5.92 Å². The molecule has 2 aromatic rings. The molecule has 1 aliphatic carbocycles. The molecule has 0 radical (unpaired) electrons. The molecule has 0 aromatic carbocycles. The Labute approximate surface area is 120 Å². The number of nitrogens with zero attached hydrogens (tertiary/aromatic N) is 3. The average molecular weight is 286 g/mol. The highest BCUT2D eigenvalue weighted by Crippen LogP contribution is 2.26. The summed E-state index contributed by atoms with van der Waals surface area (Å²) in [7, 11) is 0. The van der Waals surface area contributed by atoms with E-state index in [1.165, 1.54) is 11.3 Å². The third-order valence-corrected chi connectivity index (χ3v) is 4.04. The molecule has 0 spiro atoms. The number of aromatic nitrogens is 3. The lowest BCUT2D eigenvalue weighted by Crippen LogP contribution is -2.23. The van der Waals surface area contributed by atoms with E-state index >= 15 is 0 Å². The molecule has 1 amide bonds. The lowest BCUT2D eigenvalue weighted by Gasteiger charge is -2.15. The molecule has 20 heavy (non-hydrogen) atoms. The van der Waals surface area contributed by atoms with Crippen LogP contribution in [0.25, 0.3) is 10.7 Å². The van der Waals surface area contributed by atoms with Gasteiger partial charge in [-0.15, -0.1) is 10.2 Å². The lowest BCUT2D eigenvalue weighted by atomic mass is 9.94. The highest BCUT2D eigenvalue weighted by Gasteiger charge is 2.20. The van der Waals surface area contributed by atoms with Gasteiger partial charge in [-0.2, -0.15) is 0 Å². The van der Waals surface area contributed by atoms with Crippen molar-refractivity contribution in [3.63, 3.8) is 0 Å². The van der Waals surface area contributed by atoms with Crippen LogP contribution in [0.4, 0.5) is 5.13 Å². The first kappa shape index (κ1) is 12.9. The smallest absolute Gasteiger partial charge is 0.229 e. The first-order valence-corrected chi connectivity index (χ1v) is 7.35. The van der Waals surface area contributed by atoms with E-state index in [0.29, 0.717) is 10.1 Å². The van der Waals surface area contributed by atoms with Gasteiger partial charge in [-0.1, -0.05) is 29.6 Å². The van der Waals surface area contributed by atoms with E-state index in [1.807, 2.05) is 18.2 Å². The summed E-state index contributed by atoms with van der Waals surface area (Å²) in [6.07, 6.45) is 8.56. The van der Waals surface area contributed by atoms with E-state index < -0.39 is 0 Å². The molecule has 3 rings (SSSR count). The van der Waals surface area contributed by atoms with Crippen molar-refractivity contribution in [2.45, 2.75) is 19.3 Å². The van der Waals surface area contributed by atoms with Crippen molar-refractivity contribution in [3.05, 3.63) is 36.5 Å². The fourth-order valence-corrected chi connectivity index (χ4v) is 2.83. The van der Waals surface area contributed by atoms with E-state index in [9.17, 15) is 4.79 Å². The van der Waals surface area contributed by atoms with Crippen LogP contribution in [0.5, 0.6) is 0 Å². The minimum Gasteiger partial charge on any atom is -0.300 e. The number of allylic oxidation sites excluding steroid dienone is 2. The fraction of sp³-hybridized carbons (Fsp3) is 0.286. The normalized spacial score (nSPS) is 17.9. The highest BCUT2D eigenvalue weighted by atomic mass is 32.1. The molecule has 0 fully saturated rings. The number of anilines is 1. The number of pyridine rings is 1. The maximum absolute atomic E-state index is 12.1. The van der Waals surface area contributed by atoms with E-state index in [2.05, 4.69) is 32.7 Å². The molecule has 0 bridgehead atoms. The van der Waals surface area contributed by atoms with Gasteiger partial charge in [0.15, 0.2) is 5.01 Å². The molecule has 2 heterocycles. The first-order valence-electron chi connectivity index (χ1n) is 6.54. The molecule has 102 valence electrons. The van der Waals surface area contributed by atoms with Crippen LogP contribution >= 0.6 is 11.3 Å². The van der Waals surface area contributed by atoms with Gasteiger partial charge in [0.25, 0.3) is 0 Å². The van der Waals surface area contributed by atoms with Gasteiger partial charge in [-0.3, -0.25) is 9.78 Å². The van der Waals surface area contributed by atoms with E-state index in [4.69, 9.17) is 0 Å². The summed E-state index contributed by atoms with van der Waals surface area (Å²) in [5.41, 5.74) is 0.770.